The molecule has 16 heteroatoms. The van der Waals surface area contributed by atoms with Crippen LogP contribution in [0.5, 0.6) is 0 Å². The standard InChI is InChI=1S/C29H47N7O9/c1-3-17(2)24(36-23(39)14-31)28(43)35-22(16-38)27(42)34-21(15-37)26(41)32-19(11-7-8-12-30)25(40)33-20(29(44)45)13-18-9-5-4-6-10-18/h4-6,9-10,17,19-22,24,37-38H,3,7-8,11-16,30-31H2,1-2H3,(H,32,41)(H,33,40)(H,34,42)(H,35,43)(H,36,39)(H,44,45)/t17-,19-,20-,21-,22-,24-/m0/s1. The van der Waals surface area contributed by atoms with Crippen molar-refractivity contribution in [3.63, 3.8) is 0 Å². The number of carboxylic acid groups (broad SMARTS) is 1. The second-order valence-corrected chi connectivity index (χ2v) is 10.6. The summed E-state index contributed by atoms with van der Waals surface area (Å²) in [6.45, 7) is 1.64. The molecule has 0 saturated heterocycles. The molecular formula is C29H47N7O9. The zero-order valence-electron chi connectivity index (χ0n) is 25.7. The van der Waals surface area contributed by atoms with Crippen molar-refractivity contribution in [3.8, 4) is 0 Å². The summed E-state index contributed by atoms with van der Waals surface area (Å²) in [5, 5.41) is 41.2. The number of carbonyl (C=O) groups excluding carboxylic acids is 5. The molecule has 16 nitrogen and oxygen atoms in total. The van der Waals surface area contributed by atoms with Crippen LogP contribution in [0.2, 0.25) is 0 Å². The zero-order valence-corrected chi connectivity index (χ0v) is 25.7. The minimum absolute atomic E-state index is 0.0111. The van der Waals surface area contributed by atoms with Gasteiger partial charge in [-0.1, -0.05) is 50.6 Å². The zero-order chi connectivity index (χ0) is 33.9. The van der Waals surface area contributed by atoms with E-state index in [1.54, 1.807) is 44.2 Å². The Morgan fingerprint density at radius 2 is 1.24 bits per heavy atom. The SMILES string of the molecule is CC[C@H](C)[C@H](NC(=O)CN)C(=O)N[C@@H](CO)C(=O)N[C@@H](CO)C(=O)N[C@@H](CCCCN)C(=O)N[C@@H](Cc1ccccc1)C(=O)O. The predicted octanol–water partition coefficient (Wildman–Crippen LogP) is -3.14. The number of hydrogen-bond acceptors (Lipinski definition) is 10. The average Bonchev–Trinajstić information content (AvgIpc) is 3.03. The lowest BCUT2D eigenvalue weighted by Crippen LogP contribution is -2.61. The quantitative estimate of drug-likeness (QED) is 0.0601. The van der Waals surface area contributed by atoms with Gasteiger partial charge in [0, 0.05) is 6.42 Å². The van der Waals surface area contributed by atoms with Crippen molar-refractivity contribution in [2.24, 2.45) is 17.4 Å². The minimum atomic E-state index is -1.60. The largest absolute Gasteiger partial charge is 0.480 e. The number of benzene rings is 1. The van der Waals surface area contributed by atoms with Crippen molar-refractivity contribution in [2.75, 3.05) is 26.3 Å². The Hall–Kier alpha value is -4.12. The van der Waals surface area contributed by atoms with E-state index in [9.17, 15) is 44.1 Å². The number of nitrogens with one attached hydrogen (secondary N) is 5. The molecule has 0 saturated carbocycles. The van der Waals surface area contributed by atoms with E-state index in [4.69, 9.17) is 11.5 Å². The monoisotopic (exact) mass is 637 g/mol. The van der Waals surface area contributed by atoms with Crippen molar-refractivity contribution >= 4 is 35.5 Å². The molecule has 0 aliphatic rings. The molecule has 5 amide bonds. The molecule has 0 aliphatic carbocycles. The number of carbonyl (C=O) groups is 6. The Kier molecular flexibility index (Phi) is 18.0. The maximum Gasteiger partial charge on any atom is 0.326 e. The van der Waals surface area contributed by atoms with Crippen molar-refractivity contribution in [2.45, 2.75) is 76.2 Å². The summed E-state index contributed by atoms with van der Waals surface area (Å²) in [5.74, 6) is -5.79. The Morgan fingerprint density at radius 3 is 1.73 bits per heavy atom. The first-order valence-corrected chi connectivity index (χ1v) is 14.8. The van der Waals surface area contributed by atoms with Crippen LogP contribution in [0.25, 0.3) is 0 Å². The van der Waals surface area contributed by atoms with Gasteiger partial charge in [0.2, 0.25) is 29.5 Å². The van der Waals surface area contributed by atoms with Crippen molar-refractivity contribution < 1.29 is 44.1 Å². The molecule has 0 heterocycles. The molecule has 0 unspecified atom stereocenters. The lowest BCUT2D eigenvalue weighted by Gasteiger charge is -2.27. The van der Waals surface area contributed by atoms with Gasteiger partial charge in [-0.05, 0) is 37.3 Å². The van der Waals surface area contributed by atoms with Crippen LogP contribution in [0, 0.1) is 5.92 Å². The van der Waals surface area contributed by atoms with Crippen molar-refractivity contribution in [1.29, 1.82) is 0 Å². The van der Waals surface area contributed by atoms with Crippen LogP contribution in [0.3, 0.4) is 0 Å². The van der Waals surface area contributed by atoms with E-state index in [0.717, 1.165) is 0 Å². The molecule has 0 fully saturated rings. The lowest BCUT2D eigenvalue weighted by molar-refractivity contribution is -0.142. The number of aliphatic carboxylic acids is 1. The van der Waals surface area contributed by atoms with Gasteiger partial charge in [-0.3, -0.25) is 24.0 Å². The van der Waals surface area contributed by atoms with Gasteiger partial charge >= 0.3 is 5.97 Å². The maximum atomic E-state index is 13.1. The highest BCUT2D eigenvalue weighted by atomic mass is 16.4. The number of nitrogens with two attached hydrogens (primary N) is 2. The van der Waals surface area contributed by atoms with Crippen LogP contribution in [-0.4, -0.2) is 107 Å². The fraction of sp³-hybridized carbons (Fsp3) is 0.586. The summed E-state index contributed by atoms with van der Waals surface area (Å²) < 4.78 is 0. The summed E-state index contributed by atoms with van der Waals surface area (Å²) >= 11 is 0. The summed E-state index contributed by atoms with van der Waals surface area (Å²) in [7, 11) is 0. The van der Waals surface area contributed by atoms with Gasteiger partial charge in [-0.15, -0.1) is 0 Å². The topological polar surface area (TPSA) is 275 Å². The van der Waals surface area contributed by atoms with Gasteiger partial charge in [0.25, 0.3) is 0 Å². The second-order valence-electron chi connectivity index (χ2n) is 10.6. The number of unbranched alkanes of at least 4 members (excludes halogenated alkanes) is 1. The Labute approximate surface area is 262 Å². The minimum Gasteiger partial charge on any atom is -0.480 e. The van der Waals surface area contributed by atoms with Gasteiger partial charge in [0.15, 0.2) is 0 Å². The predicted molar refractivity (Wildman–Crippen MR) is 163 cm³/mol. The van der Waals surface area contributed by atoms with Gasteiger partial charge in [0.05, 0.1) is 19.8 Å². The molecule has 1 aromatic carbocycles. The number of amides is 5. The normalized spacial score (nSPS) is 14.9. The van der Waals surface area contributed by atoms with Crippen LogP contribution in [0.4, 0.5) is 0 Å². The van der Waals surface area contributed by atoms with E-state index in [0.29, 0.717) is 31.4 Å². The number of carboxylic acids is 1. The van der Waals surface area contributed by atoms with Gasteiger partial charge in [-0.2, -0.15) is 0 Å². The third-order valence-corrected chi connectivity index (χ3v) is 7.11. The maximum absolute atomic E-state index is 13.1. The molecule has 6 atom stereocenters. The van der Waals surface area contributed by atoms with Gasteiger partial charge in [0.1, 0.15) is 30.2 Å². The van der Waals surface area contributed by atoms with Crippen LogP contribution in [0.1, 0.15) is 45.1 Å². The summed E-state index contributed by atoms with van der Waals surface area (Å²) in [4.78, 5) is 75.7. The van der Waals surface area contributed by atoms with E-state index >= 15 is 0 Å². The highest BCUT2D eigenvalue weighted by Gasteiger charge is 2.33. The van der Waals surface area contributed by atoms with Crippen molar-refractivity contribution in [1.82, 2.24) is 26.6 Å². The number of aliphatic hydroxyl groups excluding tert-OH is 2. The van der Waals surface area contributed by atoms with Gasteiger partial charge in [-0.25, -0.2) is 4.79 Å². The van der Waals surface area contributed by atoms with Crippen LogP contribution >= 0.6 is 0 Å². The third kappa shape index (κ3) is 13.6. The molecule has 0 radical (unpaired) electrons. The van der Waals surface area contributed by atoms with E-state index in [2.05, 4.69) is 26.6 Å². The van der Waals surface area contributed by atoms with E-state index < -0.39 is 78.9 Å². The fourth-order valence-electron chi connectivity index (χ4n) is 4.21. The van der Waals surface area contributed by atoms with E-state index in [1.807, 2.05) is 0 Å². The molecule has 45 heavy (non-hydrogen) atoms. The molecular weight excluding hydrogens is 590 g/mol. The fourth-order valence-corrected chi connectivity index (χ4v) is 4.21. The van der Waals surface area contributed by atoms with Crippen LogP contribution < -0.4 is 38.1 Å². The van der Waals surface area contributed by atoms with Gasteiger partial charge < -0.3 is 53.4 Å². The first-order chi connectivity index (χ1) is 21.4. The van der Waals surface area contributed by atoms with E-state index in [1.165, 1.54) is 0 Å². The summed E-state index contributed by atoms with van der Waals surface area (Å²) in [6, 6.07) is 1.88. The molecule has 0 aliphatic heterocycles. The molecule has 0 bridgehead atoms. The molecule has 252 valence electrons. The van der Waals surface area contributed by atoms with Crippen molar-refractivity contribution in [3.05, 3.63) is 35.9 Å². The van der Waals surface area contributed by atoms with Crippen LogP contribution in [0.15, 0.2) is 30.3 Å². The lowest BCUT2D eigenvalue weighted by atomic mass is 9.98. The number of aliphatic hydroxyl groups is 2. The summed E-state index contributed by atoms with van der Waals surface area (Å²) in [6.07, 6.45) is 1.47. The number of rotatable bonds is 21. The highest BCUT2D eigenvalue weighted by molar-refractivity contribution is 5.96. The molecule has 0 aromatic heterocycles. The average molecular weight is 638 g/mol. The summed E-state index contributed by atoms with van der Waals surface area (Å²) in [5.41, 5.74) is 11.5. The second kappa shape index (κ2) is 20.8. The Bertz CT molecular complexity index is 1120. The molecule has 1 rings (SSSR count). The molecule has 0 spiro atoms. The Morgan fingerprint density at radius 1 is 0.733 bits per heavy atom. The first-order valence-electron chi connectivity index (χ1n) is 14.8. The Balaban J connectivity index is 3.00. The third-order valence-electron chi connectivity index (χ3n) is 7.11. The first kappa shape index (κ1) is 38.9. The molecule has 12 N–H and O–H groups in total. The van der Waals surface area contributed by atoms with Crippen LogP contribution in [-0.2, 0) is 35.2 Å². The molecule has 1 aromatic rings. The highest BCUT2D eigenvalue weighted by Crippen LogP contribution is 2.09. The number of hydrogen-bond donors (Lipinski definition) is 10. The van der Waals surface area contributed by atoms with E-state index in [-0.39, 0.29) is 25.3 Å². The smallest absolute Gasteiger partial charge is 0.326 e.